The molecule has 0 aromatic carbocycles. The number of carbonyl (C=O) groups is 1. The third kappa shape index (κ3) is 2.13. The zero-order chi connectivity index (χ0) is 13.0. The molecule has 3 fully saturated rings. The van der Waals surface area contributed by atoms with E-state index in [-0.39, 0.29) is 37.5 Å². The molecule has 1 aliphatic heterocycles. The van der Waals surface area contributed by atoms with Gasteiger partial charge in [0.15, 0.2) is 0 Å². The molecule has 0 bridgehead atoms. The second-order valence-electron chi connectivity index (χ2n) is 6.20. The maximum Gasteiger partial charge on any atom is 0.248 e. The largest absolute Gasteiger partial charge is 0.386 e. The number of hydrogen-bond donors (Lipinski definition) is 1. The van der Waals surface area contributed by atoms with Gasteiger partial charge in [0, 0.05) is 18.8 Å². The van der Waals surface area contributed by atoms with Gasteiger partial charge in [0.2, 0.25) is 11.8 Å². The van der Waals surface area contributed by atoms with Crippen molar-refractivity contribution in [2.24, 2.45) is 11.8 Å². The monoisotopic (exact) mass is 259 g/mol. The first kappa shape index (κ1) is 12.3. The van der Waals surface area contributed by atoms with Crippen molar-refractivity contribution in [2.45, 2.75) is 50.0 Å². The Kier molecular flexibility index (Phi) is 2.66. The minimum atomic E-state index is -2.58. The standard InChI is InChI=1S/C13H19F2NO2/c14-13(15)5-3-9(4-6-13)11(17)16-7-12(18,8-16)10-1-2-10/h9-10,18H,1-8H2. The van der Waals surface area contributed by atoms with Gasteiger partial charge in [0.05, 0.1) is 13.1 Å². The summed E-state index contributed by atoms with van der Waals surface area (Å²) >= 11 is 0. The molecule has 2 saturated carbocycles. The van der Waals surface area contributed by atoms with Crippen molar-refractivity contribution in [3.8, 4) is 0 Å². The van der Waals surface area contributed by atoms with Crippen LogP contribution in [0, 0.1) is 11.8 Å². The second-order valence-corrected chi connectivity index (χ2v) is 6.20. The van der Waals surface area contributed by atoms with Gasteiger partial charge in [-0.15, -0.1) is 0 Å². The van der Waals surface area contributed by atoms with Crippen molar-refractivity contribution in [2.75, 3.05) is 13.1 Å². The lowest BCUT2D eigenvalue weighted by Gasteiger charge is -2.48. The van der Waals surface area contributed by atoms with Crippen LogP contribution in [0.2, 0.25) is 0 Å². The molecule has 3 aliphatic rings. The number of likely N-dealkylation sites (tertiary alicyclic amines) is 1. The lowest BCUT2D eigenvalue weighted by molar-refractivity contribution is -0.166. The summed E-state index contributed by atoms with van der Waals surface area (Å²) in [5.74, 6) is -2.51. The number of carbonyl (C=O) groups excluding carboxylic acids is 1. The zero-order valence-corrected chi connectivity index (χ0v) is 10.4. The van der Waals surface area contributed by atoms with Crippen LogP contribution in [0.25, 0.3) is 0 Å². The molecule has 18 heavy (non-hydrogen) atoms. The molecule has 0 radical (unpaired) electrons. The van der Waals surface area contributed by atoms with Crippen LogP contribution in [-0.2, 0) is 4.79 Å². The number of nitrogens with zero attached hydrogens (tertiary/aromatic N) is 1. The van der Waals surface area contributed by atoms with Crippen LogP contribution >= 0.6 is 0 Å². The van der Waals surface area contributed by atoms with Gasteiger partial charge in [0.25, 0.3) is 0 Å². The van der Waals surface area contributed by atoms with E-state index in [0.29, 0.717) is 19.0 Å². The number of β-amino-alcohol motifs (C(OH)–C–C–N with tert-alkyl or cyclic N) is 1. The zero-order valence-electron chi connectivity index (χ0n) is 10.4. The Hall–Kier alpha value is -0.710. The van der Waals surface area contributed by atoms with E-state index in [0.717, 1.165) is 12.8 Å². The maximum atomic E-state index is 13.0. The maximum absolute atomic E-state index is 13.0. The van der Waals surface area contributed by atoms with E-state index >= 15 is 0 Å². The number of amides is 1. The van der Waals surface area contributed by atoms with E-state index in [2.05, 4.69) is 0 Å². The number of halogens is 2. The van der Waals surface area contributed by atoms with E-state index < -0.39 is 11.5 Å². The molecule has 0 spiro atoms. The van der Waals surface area contributed by atoms with Crippen LogP contribution in [0.1, 0.15) is 38.5 Å². The second kappa shape index (κ2) is 3.89. The predicted molar refractivity (Wildman–Crippen MR) is 61.2 cm³/mol. The molecule has 3 nitrogen and oxygen atoms in total. The summed E-state index contributed by atoms with van der Waals surface area (Å²) < 4.78 is 26.0. The van der Waals surface area contributed by atoms with Crippen molar-refractivity contribution in [1.82, 2.24) is 4.90 Å². The highest BCUT2D eigenvalue weighted by Crippen LogP contribution is 2.45. The number of aliphatic hydroxyl groups is 1. The molecule has 3 rings (SSSR count). The average Bonchev–Trinajstić information content (AvgIpc) is 3.08. The minimum absolute atomic E-state index is 0.0316. The molecular weight excluding hydrogens is 240 g/mol. The molecule has 1 heterocycles. The Morgan fingerprint density at radius 2 is 1.67 bits per heavy atom. The first-order valence-corrected chi connectivity index (χ1v) is 6.79. The fourth-order valence-corrected chi connectivity index (χ4v) is 3.19. The van der Waals surface area contributed by atoms with Crippen molar-refractivity contribution < 1.29 is 18.7 Å². The molecule has 1 amide bonds. The molecule has 102 valence electrons. The normalized spacial score (nSPS) is 30.9. The van der Waals surface area contributed by atoms with E-state index in [4.69, 9.17) is 0 Å². The van der Waals surface area contributed by atoms with E-state index in [1.165, 1.54) is 0 Å². The van der Waals surface area contributed by atoms with Crippen molar-refractivity contribution in [3.05, 3.63) is 0 Å². The molecular formula is C13H19F2NO2. The first-order chi connectivity index (χ1) is 8.40. The van der Waals surface area contributed by atoms with Gasteiger partial charge in [-0.25, -0.2) is 8.78 Å². The van der Waals surface area contributed by atoms with Crippen LogP contribution in [0.3, 0.4) is 0 Å². The van der Waals surface area contributed by atoms with Gasteiger partial charge in [-0.1, -0.05) is 0 Å². The van der Waals surface area contributed by atoms with Crippen LogP contribution in [-0.4, -0.2) is 40.5 Å². The summed E-state index contributed by atoms with van der Waals surface area (Å²) in [5.41, 5.74) is -0.672. The van der Waals surface area contributed by atoms with Gasteiger partial charge < -0.3 is 10.0 Å². The summed E-state index contributed by atoms with van der Waals surface area (Å²) in [6.45, 7) is 0.812. The Morgan fingerprint density at radius 1 is 1.11 bits per heavy atom. The van der Waals surface area contributed by atoms with Crippen molar-refractivity contribution in [1.29, 1.82) is 0 Å². The highest BCUT2D eigenvalue weighted by Gasteiger charge is 2.54. The topological polar surface area (TPSA) is 40.5 Å². The van der Waals surface area contributed by atoms with Crippen LogP contribution < -0.4 is 0 Å². The summed E-state index contributed by atoms with van der Waals surface area (Å²) in [6.07, 6.45) is 2.31. The van der Waals surface area contributed by atoms with E-state index in [1.807, 2.05) is 0 Å². The Balaban J connectivity index is 1.51. The fourth-order valence-electron chi connectivity index (χ4n) is 3.19. The summed E-state index contributed by atoms with van der Waals surface area (Å²) in [4.78, 5) is 13.7. The van der Waals surface area contributed by atoms with Crippen LogP contribution in [0.5, 0.6) is 0 Å². The van der Waals surface area contributed by atoms with E-state index in [9.17, 15) is 18.7 Å². The summed E-state index contributed by atoms with van der Waals surface area (Å²) in [7, 11) is 0. The molecule has 0 unspecified atom stereocenters. The van der Waals surface area contributed by atoms with Crippen molar-refractivity contribution >= 4 is 5.91 Å². The van der Waals surface area contributed by atoms with Gasteiger partial charge >= 0.3 is 0 Å². The SMILES string of the molecule is O=C(C1CCC(F)(F)CC1)N1CC(O)(C2CC2)C1. The fraction of sp³-hybridized carbons (Fsp3) is 0.923. The summed E-state index contributed by atoms with van der Waals surface area (Å²) in [6, 6.07) is 0. The minimum Gasteiger partial charge on any atom is -0.386 e. The third-order valence-corrected chi connectivity index (χ3v) is 4.64. The Bertz CT molecular complexity index is 352. The van der Waals surface area contributed by atoms with E-state index in [1.54, 1.807) is 4.90 Å². The molecule has 1 N–H and O–H groups in total. The quantitative estimate of drug-likeness (QED) is 0.821. The van der Waals surface area contributed by atoms with Gasteiger partial charge in [-0.2, -0.15) is 0 Å². The molecule has 0 atom stereocenters. The average molecular weight is 259 g/mol. The highest BCUT2D eigenvalue weighted by molar-refractivity contribution is 5.80. The number of rotatable bonds is 2. The van der Waals surface area contributed by atoms with Gasteiger partial charge in [-0.3, -0.25) is 4.79 Å². The summed E-state index contributed by atoms with van der Waals surface area (Å²) in [5, 5.41) is 10.1. The lowest BCUT2D eigenvalue weighted by Crippen LogP contribution is -2.65. The first-order valence-electron chi connectivity index (χ1n) is 6.79. The third-order valence-electron chi connectivity index (χ3n) is 4.64. The number of alkyl halides is 2. The Morgan fingerprint density at radius 3 is 2.17 bits per heavy atom. The lowest BCUT2D eigenvalue weighted by atomic mass is 9.82. The molecule has 1 saturated heterocycles. The Labute approximate surface area is 105 Å². The van der Waals surface area contributed by atoms with Crippen LogP contribution in [0.15, 0.2) is 0 Å². The van der Waals surface area contributed by atoms with Gasteiger partial charge in [-0.05, 0) is 31.6 Å². The number of hydrogen-bond acceptors (Lipinski definition) is 2. The molecule has 2 aliphatic carbocycles. The smallest absolute Gasteiger partial charge is 0.248 e. The van der Waals surface area contributed by atoms with Crippen LogP contribution in [0.4, 0.5) is 8.78 Å². The molecule has 5 heteroatoms. The van der Waals surface area contributed by atoms with Gasteiger partial charge in [0.1, 0.15) is 5.60 Å². The molecule has 0 aromatic rings. The molecule has 0 aromatic heterocycles. The highest BCUT2D eigenvalue weighted by atomic mass is 19.3. The van der Waals surface area contributed by atoms with Crippen molar-refractivity contribution in [3.63, 3.8) is 0 Å². The predicted octanol–water partition coefficient (Wildman–Crippen LogP) is 1.80.